The summed E-state index contributed by atoms with van der Waals surface area (Å²) in [5, 5.41) is 5.62. The van der Waals surface area contributed by atoms with Gasteiger partial charge in [-0.2, -0.15) is 4.52 Å². The van der Waals surface area contributed by atoms with Crippen LogP contribution in [-0.4, -0.2) is 45.9 Å². The van der Waals surface area contributed by atoms with Gasteiger partial charge < -0.3 is 14.1 Å². The summed E-state index contributed by atoms with van der Waals surface area (Å²) in [7, 11) is 0. The Morgan fingerprint density at radius 1 is 0.958 bits per heavy atom. The summed E-state index contributed by atoms with van der Waals surface area (Å²) in [5.74, 6) is 2.00. The lowest BCUT2D eigenvalue weighted by molar-refractivity contribution is 0.122. The van der Waals surface area contributed by atoms with E-state index in [2.05, 4.69) is 10.00 Å². The Kier molecular flexibility index (Phi) is 2.99. The van der Waals surface area contributed by atoms with Crippen molar-refractivity contribution in [2.45, 2.75) is 0 Å². The Hall–Kier alpha value is -2.93. The highest BCUT2D eigenvalue weighted by atomic mass is 16.5. The largest absolute Gasteiger partial charge is 0.461 e. The molecule has 1 aliphatic rings. The molecule has 0 aliphatic carbocycles. The predicted molar refractivity (Wildman–Crippen MR) is 89.0 cm³/mol. The standard InChI is InChI=1S/C17H15N5O2/c1-2-5-13-12(4-1)16-19-15(14-6-3-9-24-14)20-22(16)17(18-13)21-7-10-23-11-8-21/h1-6,9H,7-8,10-11H2. The highest BCUT2D eigenvalue weighted by Crippen LogP contribution is 2.26. The maximum Gasteiger partial charge on any atom is 0.229 e. The van der Waals surface area contributed by atoms with E-state index in [-0.39, 0.29) is 0 Å². The Labute approximate surface area is 137 Å². The third kappa shape index (κ3) is 2.05. The number of benzene rings is 1. The van der Waals surface area contributed by atoms with Crippen LogP contribution >= 0.6 is 0 Å². The number of para-hydroxylation sites is 1. The first kappa shape index (κ1) is 13.5. The molecule has 1 fully saturated rings. The van der Waals surface area contributed by atoms with Crippen molar-refractivity contribution in [2.75, 3.05) is 31.2 Å². The van der Waals surface area contributed by atoms with Crippen LogP contribution in [-0.2, 0) is 4.74 Å². The number of hydrogen-bond donors (Lipinski definition) is 0. The summed E-state index contributed by atoms with van der Waals surface area (Å²) in [5.41, 5.74) is 1.69. The van der Waals surface area contributed by atoms with Gasteiger partial charge in [-0.1, -0.05) is 12.1 Å². The fraction of sp³-hybridized carbons (Fsp3) is 0.235. The summed E-state index contributed by atoms with van der Waals surface area (Å²) in [6.45, 7) is 2.96. The summed E-state index contributed by atoms with van der Waals surface area (Å²) in [4.78, 5) is 11.7. The van der Waals surface area contributed by atoms with Crippen molar-refractivity contribution in [2.24, 2.45) is 0 Å². The lowest BCUT2D eigenvalue weighted by atomic mass is 10.2. The average Bonchev–Trinajstić information content (AvgIpc) is 3.31. The molecule has 0 radical (unpaired) electrons. The van der Waals surface area contributed by atoms with Gasteiger partial charge >= 0.3 is 0 Å². The van der Waals surface area contributed by atoms with Gasteiger partial charge in [0.05, 0.1) is 25.0 Å². The van der Waals surface area contributed by atoms with E-state index in [1.165, 1.54) is 0 Å². The molecule has 5 rings (SSSR count). The third-order valence-corrected chi connectivity index (χ3v) is 4.20. The fourth-order valence-electron chi connectivity index (χ4n) is 3.02. The Bertz CT molecular complexity index is 1000. The molecule has 24 heavy (non-hydrogen) atoms. The van der Waals surface area contributed by atoms with Gasteiger partial charge in [-0.3, -0.25) is 0 Å². The van der Waals surface area contributed by atoms with Crippen molar-refractivity contribution < 1.29 is 9.15 Å². The van der Waals surface area contributed by atoms with Crippen molar-refractivity contribution >= 4 is 22.5 Å². The molecule has 3 aromatic heterocycles. The second-order valence-corrected chi connectivity index (χ2v) is 5.68. The van der Waals surface area contributed by atoms with Crippen molar-refractivity contribution in [3.05, 3.63) is 42.7 Å². The molecule has 0 unspecified atom stereocenters. The van der Waals surface area contributed by atoms with E-state index in [4.69, 9.17) is 19.1 Å². The van der Waals surface area contributed by atoms with E-state index in [0.29, 0.717) is 24.8 Å². The molecule has 1 saturated heterocycles. The van der Waals surface area contributed by atoms with Crippen LogP contribution in [0.3, 0.4) is 0 Å². The van der Waals surface area contributed by atoms with Crippen LogP contribution in [0.1, 0.15) is 0 Å². The number of furan rings is 1. The zero-order valence-corrected chi connectivity index (χ0v) is 12.9. The van der Waals surface area contributed by atoms with Gasteiger partial charge in [0.1, 0.15) is 0 Å². The van der Waals surface area contributed by atoms with E-state index in [1.54, 1.807) is 6.26 Å². The minimum Gasteiger partial charge on any atom is -0.461 e. The number of rotatable bonds is 2. The van der Waals surface area contributed by atoms with Gasteiger partial charge in [0.25, 0.3) is 0 Å². The van der Waals surface area contributed by atoms with E-state index >= 15 is 0 Å². The van der Waals surface area contributed by atoms with Crippen LogP contribution in [0.15, 0.2) is 47.1 Å². The molecule has 1 aliphatic heterocycles. The highest BCUT2D eigenvalue weighted by molar-refractivity contribution is 5.92. The second kappa shape index (κ2) is 5.31. The van der Waals surface area contributed by atoms with Crippen molar-refractivity contribution in [1.82, 2.24) is 19.6 Å². The molecule has 0 amide bonds. The lowest BCUT2D eigenvalue weighted by Crippen LogP contribution is -2.38. The topological polar surface area (TPSA) is 68.7 Å². The van der Waals surface area contributed by atoms with Gasteiger partial charge in [-0.25, -0.2) is 9.97 Å². The van der Waals surface area contributed by atoms with Gasteiger partial charge in [0.2, 0.25) is 11.8 Å². The average molecular weight is 321 g/mol. The minimum absolute atomic E-state index is 0.563. The zero-order valence-electron chi connectivity index (χ0n) is 12.9. The first-order chi connectivity index (χ1) is 11.9. The molecular formula is C17H15N5O2. The Morgan fingerprint density at radius 2 is 1.83 bits per heavy atom. The molecule has 0 N–H and O–H groups in total. The maximum atomic E-state index is 5.46. The van der Waals surface area contributed by atoms with Crippen LogP contribution < -0.4 is 4.90 Å². The van der Waals surface area contributed by atoms with Crippen LogP contribution in [0.5, 0.6) is 0 Å². The van der Waals surface area contributed by atoms with E-state index in [1.807, 2.05) is 40.9 Å². The highest BCUT2D eigenvalue weighted by Gasteiger charge is 2.21. The molecule has 1 aromatic carbocycles. The summed E-state index contributed by atoms with van der Waals surface area (Å²) >= 11 is 0. The molecule has 120 valence electrons. The van der Waals surface area contributed by atoms with Crippen LogP contribution in [0.2, 0.25) is 0 Å². The quantitative estimate of drug-likeness (QED) is 0.564. The van der Waals surface area contributed by atoms with Gasteiger partial charge in [0, 0.05) is 18.5 Å². The number of anilines is 1. The number of ether oxygens (including phenoxy) is 1. The molecule has 0 spiro atoms. The SMILES string of the molecule is c1coc(-c2nc3c4ccccc4nc(N4CCOCC4)n3n2)c1. The second-order valence-electron chi connectivity index (χ2n) is 5.68. The number of morpholine rings is 1. The fourth-order valence-corrected chi connectivity index (χ4v) is 3.02. The molecule has 4 aromatic rings. The van der Waals surface area contributed by atoms with Gasteiger partial charge in [-0.15, -0.1) is 5.10 Å². The minimum atomic E-state index is 0.563. The van der Waals surface area contributed by atoms with Crippen LogP contribution in [0.25, 0.3) is 28.1 Å². The number of nitrogens with zero attached hydrogens (tertiary/aromatic N) is 5. The number of fused-ring (bicyclic) bond motifs is 3. The van der Waals surface area contributed by atoms with Gasteiger partial charge in [0.15, 0.2) is 11.4 Å². The lowest BCUT2D eigenvalue weighted by Gasteiger charge is -2.27. The van der Waals surface area contributed by atoms with Gasteiger partial charge in [-0.05, 0) is 24.3 Å². The molecule has 7 heteroatoms. The normalized spacial score (nSPS) is 15.4. The zero-order chi connectivity index (χ0) is 15.9. The summed E-state index contributed by atoms with van der Waals surface area (Å²) in [6, 6.07) is 11.7. The monoisotopic (exact) mass is 321 g/mol. The summed E-state index contributed by atoms with van der Waals surface area (Å²) < 4.78 is 12.7. The van der Waals surface area contributed by atoms with E-state index in [9.17, 15) is 0 Å². The maximum absolute atomic E-state index is 5.46. The molecule has 4 heterocycles. The summed E-state index contributed by atoms with van der Waals surface area (Å²) in [6.07, 6.45) is 1.63. The van der Waals surface area contributed by atoms with Crippen molar-refractivity contribution in [3.63, 3.8) is 0 Å². The van der Waals surface area contributed by atoms with Crippen molar-refractivity contribution in [3.8, 4) is 11.6 Å². The number of aromatic nitrogens is 4. The molecule has 0 saturated carbocycles. The number of hydrogen-bond acceptors (Lipinski definition) is 6. The predicted octanol–water partition coefficient (Wildman–Crippen LogP) is 2.37. The molecular weight excluding hydrogens is 306 g/mol. The molecule has 0 bridgehead atoms. The van der Waals surface area contributed by atoms with Crippen molar-refractivity contribution in [1.29, 1.82) is 0 Å². The smallest absolute Gasteiger partial charge is 0.229 e. The third-order valence-electron chi connectivity index (χ3n) is 4.20. The Morgan fingerprint density at radius 3 is 2.67 bits per heavy atom. The van der Waals surface area contributed by atoms with E-state index in [0.717, 1.165) is 35.6 Å². The first-order valence-electron chi connectivity index (χ1n) is 7.92. The molecule has 0 atom stereocenters. The first-order valence-corrected chi connectivity index (χ1v) is 7.92. The van der Waals surface area contributed by atoms with E-state index < -0.39 is 0 Å². The Balaban J connectivity index is 1.79. The van der Waals surface area contributed by atoms with Crippen LogP contribution in [0.4, 0.5) is 5.95 Å². The van der Waals surface area contributed by atoms with Crippen LogP contribution in [0, 0.1) is 0 Å². The molecule has 7 nitrogen and oxygen atoms in total.